The Morgan fingerprint density at radius 3 is 2.29 bits per heavy atom. The monoisotopic (exact) mass is 234 g/mol. The Kier molecular flexibility index (Phi) is 4.29. The summed E-state index contributed by atoms with van der Waals surface area (Å²) in [5.41, 5.74) is 0.618. The van der Waals surface area contributed by atoms with Crippen molar-refractivity contribution in [2.75, 3.05) is 14.1 Å². The van der Waals surface area contributed by atoms with Gasteiger partial charge in [-0.15, -0.1) is 0 Å². The molecule has 17 heavy (non-hydrogen) atoms. The normalized spacial score (nSPS) is 13.2. The summed E-state index contributed by atoms with van der Waals surface area (Å²) in [6.45, 7) is 5.83. The van der Waals surface area contributed by atoms with Gasteiger partial charge in [-0.3, -0.25) is 4.79 Å². The van der Waals surface area contributed by atoms with Gasteiger partial charge >= 0.3 is 0 Å². The molecule has 1 aromatic rings. The molecule has 0 aromatic heterocycles. The van der Waals surface area contributed by atoms with Crippen LogP contribution >= 0.6 is 0 Å². The summed E-state index contributed by atoms with van der Waals surface area (Å²) in [6, 6.07) is 10.1. The Morgan fingerprint density at radius 2 is 1.82 bits per heavy atom. The zero-order valence-electron chi connectivity index (χ0n) is 11.3. The van der Waals surface area contributed by atoms with Gasteiger partial charge in [0, 0.05) is 7.05 Å². The highest BCUT2D eigenvalue weighted by molar-refractivity contribution is 5.85. The van der Waals surface area contributed by atoms with Crippen LogP contribution in [0.5, 0.6) is 0 Å². The first-order valence-corrected chi connectivity index (χ1v) is 5.91. The number of hydrogen-bond donors (Lipinski definition) is 1. The maximum atomic E-state index is 12.3. The van der Waals surface area contributed by atoms with Crippen LogP contribution in [0.3, 0.4) is 0 Å². The lowest BCUT2D eigenvalue weighted by atomic mass is 10.0. The minimum Gasteiger partial charge on any atom is -0.337 e. The number of rotatable bonds is 4. The predicted molar refractivity (Wildman–Crippen MR) is 70.8 cm³/mol. The average Bonchev–Trinajstić information content (AvgIpc) is 2.37. The molecule has 0 spiro atoms. The fourth-order valence-corrected chi connectivity index (χ4v) is 1.68. The first kappa shape index (κ1) is 13.7. The summed E-state index contributed by atoms with van der Waals surface area (Å²) in [4.78, 5) is 14.1. The summed E-state index contributed by atoms with van der Waals surface area (Å²) in [5.74, 6) is 0.0938. The fraction of sp³-hybridized carbons (Fsp3) is 0.500. The van der Waals surface area contributed by atoms with E-state index in [1.807, 2.05) is 58.2 Å². The summed E-state index contributed by atoms with van der Waals surface area (Å²) in [5, 5.41) is 3.04. The second-order valence-electron chi connectivity index (χ2n) is 4.88. The van der Waals surface area contributed by atoms with E-state index in [1.54, 1.807) is 11.9 Å². The Morgan fingerprint density at radius 1 is 1.29 bits per heavy atom. The van der Waals surface area contributed by atoms with Crippen molar-refractivity contribution in [3.8, 4) is 0 Å². The Labute approximate surface area is 104 Å². The largest absolute Gasteiger partial charge is 0.337 e. The minimum atomic E-state index is -0.530. The van der Waals surface area contributed by atoms with Crippen LogP contribution in [0.1, 0.15) is 32.4 Å². The molecule has 0 saturated carbocycles. The van der Waals surface area contributed by atoms with Crippen molar-refractivity contribution >= 4 is 5.91 Å². The molecule has 0 radical (unpaired) electrons. The van der Waals surface area contributed by atoms with Gasteiger partial charge in [0.1, 0.15) is 0 Å². The number of carbonyl (C=O) groups is 1. The van der Waals surface area contributed by atoms with Crippen molar-refractivity contribution < 1.29 is 4.79 Å². The standard InChI is InChI=1S/C14H22N2O/c1-11(12-9-7-6-8-10-12)16(5)13(17)14(2,3)15-4/h6-11,15H,1-5H3. The van der Waals surface area contributed by atoms with E-state index in [9.17, 15) is 4.79 Å². The van der Waals surface area contributed by atoms with Crippen molar-refractivity contribution in [3.05, 3.63) is 35.9 Å². The van der Waals surface area contributed by atoms with Gasteiger partial charge < -0.3 is 10.2 Å². The molecule has 3 heteroatoms. The highest BCUT2D eigenvalue weighted by Crippen LogP contribution is 2.21. The van der Waals surface area contributed by atoms with Gasteiger partial charge in [0.15, 0.2) is 0 Å². The third-order valence-electron chi connectivity index (χ3n) is 3.34. The Hall–Kier alpha value is -1.35. The highest BCUT2D eigenvalue weighted by atomic mass is 16.2. The quantitative estimate of drug-likeness (QED) is 0.866. The molecular formula is C14H22N2O. The van der Waals surface area contributed by atoms with Gasteiger partial charge in [-0.05, 0) is 33.4 Å². The minimum absolute atomic E-state index is 0.0799. The summed E-state index contributed by atoms with van der Waals surface area (Å²) in [7, 11) is 3.65. The summed E-state index contributed by atoms with van der Waals surface area (Å²) >= 11 is 0. The number of hydrogen-bond acceptors (Lipinski definition) is 2. The topological polar surface area (TPSA) is 32.3 Å². The molecule has 1 aromatic carbocycles. The van der Waals surface area contributed by atoms with Gasteiger partial charge in [0.05, 0.1) is 11.6 Å². The second kappa shape index (κ2) is 5.32. The number of nitrogens with zero attached hydrogens (tertiary/aromatic N) is 1. The third-order valence-corrected chi connectivity index (χ3v) is 3.34. The summed E-state index contributed by atoms with van der Waals surface area (Å²) < 4.78 is 0. The Balaban J connectivity index is 2.84. The molecule has 94 valence electrons. The number of amides is 1. The molecule has 0 aliphatic carbocycles. The molecule has 1 amide bonds. The zero-order valence-corrected chi connectivity index (χ0v) is 11.3. The van der Waals surface area contributed by atoms with Gasteiger partial charge in [-0.2, -0.15) is 0 Å². The van der Waals surface area contributed by atoms with Gasteiger partial charge in [-0.25, -0.2) is 0 Å². The molecule has 0 aliphatic rings. The van der Waals surface area contributed by atoms with Crippen LogP contribution in [0.4, 0.5) is 0 Å². The number of likely N-dealkylation sites (N-methyl/N-ethyl adjacent to an activating group) is 2. The maximum Gasteiger partial charge on any atom is 0.242 e. The molecule has 1 atom stereocenters. The second-order valence-corrected chi connectivity index (χ2v) is 4.88. The molecule has 3 nitrogen and oxygen atoms in total. The van der Waals surface area contributed by atoms with Crippen molar-refractivity contribution in [2.24, 2.45) is 0 Å². The summed E-state index contributed by atoms with van der Waals surface area (Å²) in [6.07, 6.45) is 0. The molecule has 0 saturated heterocycles. The van der Waals surface area contributed by atoms with Crippen molar-refractivity contribution in [2.45, 2.75) is 32.4 Å². The molecule has 0 aliphatic heterocycles. The van der Waals surface area contributed by atoms with E-state index in [2.05, 4.69) is 5.32 Å². The van der Waals surface area contributed by atoms with Crippen LogP contribution in [0, 0.1) is 0 Å². The van der Waals surface area contributed by atoms with Crippen LogP contribution in [0.15, 0.2) is 30.3 Å². The van der Waals surface area contributed by atoms with Crippen LogP contribution in [0.2, 0.25) is 0 Å². The van der Waals surface area contributed by atoms with Crippen LogP contribution in [-0.2, 0) is 4.79 Å². The number of benzene rings is 1. The van der Waals surface area contributed by atoms with Gasteiger partial charge in [-0.1, -0.05) is 30.3 Å². The SMILES string of the molecule is CNC(C)(C)C(=O)N(C)C(C)c1ccccc1. The molecule has 1 rings (SSSR count). The highest BCUT2D eigenvalue weighted by Gasteiger charge is 2.30. The molecule has 0 heterocycles. The van der Waals surface area contributed by atoms with E-state index in [-0.39, 0.29) is 11.9 Å². The van der Waals surface area contributed by atoms with Gasteiger partial charge in [0.25, 0.3) is 0 Å². The van der Waals surface area contributed by atoms with E-state index in [4.69, 9.17) is 0 Å². The first-order chi connectivity index (χ1) is 7.90. The zero-order chi connectivity index (χ0) is 13.1. The molecule has 0 fully saturated rings. The fourth-order valence-electron chi connectivity index (χ4n) is 1.68. The first-order valence-electron chi connectivity index (χ1n) is 5.91. The van der Waals surface area contributed by atoms with Crippen LogP contribution in [-0.4, -0.2) is 30.4 Å². The van der Waals surface area contributed by atoms with Crippen LogP contribution < -0.4 is 5.32 Å². The molecule has 1 unspecified atom stereocenters. The van der Waals surface area contributed by atoms with E-state index in [0.717, 1.165) is 5.56 Å². The number of nitrogens with one attached hydrogen (secondary N) is 1. The molecular weight excluding hydrogens is 212 g/mol. The van der Waals surface area contributed by atoms with Crippen LogP contribution in [0.25, 0.3) is 0 Å². The molecule has 0 bridgehead atoms. The van der Waals surface area contributed by atoms with Crippen molar-refractivity contribution in [1.82, 2.24) is 10.2 Å². The van der Waals surface area contributed by atoms with E-state index >= 15 is 0 Å². The average molecular weight is 234 g/mol. The van der Waals surface area contributed by atoms with E-state index < -0.39 is 5.54 Å². The predicted octanol–water partition coefficient (Wildman–Crippen LogP) is 2.20. The molecule has 1 N–H and O–H groups in total. The van der Waals surface area contributed by atoms with Crippen molar-refractivity contribution in [3.63, 3.8) is 0 Å². The van der Waals surface area contributed by atoms with E-state index in [1.165, 1.54) is 0 Å². The smallest absolute Gasteiger partial charge is 0.242 e. The lowest BCUT2D eigenvalue weighted by Gasteiger charge is -2.33. The van der Waals surface area contributed by atoms with Crippen molar-refractivity contribution in [1.29, 1.82) is 0 Å². The number of carbonyl (C=O) groups excluding carboxylic acids is 1. The van der Waals surface area contributed by atoms with E-state index in [0.29, 0.717) is 0 Å². The Bertz CT molecular complexity index is 373. The lowest BCUT2D eigenvalue weighted by molar-refractivity contribution is -0.137. The third kappa shape index (κ3) is 3.07. The maximum absolute atomic E-state index is 12.3. The lowest BCUT2D eigenvalue weighted by Crippen LogP contribution is -2.52. The van der Waals surface area contributed by atoms with Gasteiger partial charge in [0.2, 0.25) is 5.91 Å².